The highest BCUT2D eigenvalue weighted by atomic mass is 16.5. The van der Waals surface area contributed by atoms with Crippen molar-refractivity contribution in [1.82, 2.24) is 5.43 Å². The lowest BCUT2D eigenvalue weighted by Crippen LogP contribution is -2.24. The lowest BCUT2D eigenvalue weighted by atomic mass is 10.1. The highest BCUT2D eigenvalue weighted by molar-refractivity contribution is 5.82. The molecular formula is C17H14N2O5. The van der Waals surface area contributed by atoms with Gasteiger partial charge in [0, 0.05) is 17.5 Å². The number of hydrogen-bond donors (Lipinski definition) is 1. The van der Waals surface area contributed by atoms with Crippen LogP contribution in [0.25, 0.3) is 11.0 Å². The lowest BCUT2D eigenvalue weighted by Gasteiger charge is -2.06. The number of hydrazone groups is 1. The van der Waals surface area contributed by atoms with Crippen LogP contribution in [0.1, 0.15) is 11.3 Å². The number of furan rings is 1. The number of carbonyl (C=O) groups excluding carboxylic acids is 1. The number of nitrogens with one attached hydrogen (secondary N) is 1. The van der Waals surface area contributed by atoms with Crippen molar-refractivity contribution in [3.05, 3.63) is 64.4 Å². The normalized spacial score (nSPS) is 11.0. The first kappa shape index (κ1) is 15.5. The van der Waals surface area contributed by atoms with Gasteiger partial charge in [0.15, 0.2) is 6.61 Å². The molecule has 0 fully saturated rings. The van der Waals surface area contributed by atoms with Gasteiger partial charge in [-0.2, -0.15) is 5.10 Å². The molecule has 24 heavy (non-hydrogen) atoms. The van der Waals surface area contributed by atoms with Crippen molar-refractivity contribution in [3.8, 4) is 5.75 Å². The molecule has 3 rings (SSSR count). The molecule has 0 bridgehead atoms. The Bertz CT molecular complexity index is 941. The van der Waals surface area contributed by atoms with Crippen LogP contribution < -0.4 is 15.8 Å². The smallest absolute Gasteiger partial charge is 0.336 e. The first-order chi connectivity index (χ1) is 11.6. The Kier molecular flexibility index (Phi) is 4.42. The van der Waals surface area contributed by atoms with Gasteiger partial charge >= 0.3 is 5.63 Å². The number of amides is 1. The van der Waals surface area contributed by atoms with Gasteiger partial charge in [0.05, 0.1) is 12.5 Å². The average Bonchev–Trinajstić information content (AvgIpc) is 3.05. The van der Waals surface area contributed by atoms with Crippen LogP contribution in [-0.2, 0) is 4.79 Å². The number of carbonyl (C=O) groups is 1. The van der Waals surface area contributed by atoms with E-state index in [-0.39, 0.29) is 6.61 Å². The molecule has 7 heteroatoms. The van der Waals surface area contributed by atoms with Crippen molar-refractivity contribution in [2.24, 2.45) is 5.10 Å². The minimum Gasteiger partial charge on any atom is -0.484 e. The van der Waals surface area contributed by atoms with Crippen LogP contribution in [0, 0.1) is 6.92 Å². The third kappa shape index (κ3) is 3.70. The zero-order valence-corrected chi connectivity index (χ0v) is 12.8. The minimum absolute atomic E-state index is 0.225. The first-order valence-electron chi connectivity index (χ1n) is 7.14. The number of benzene rings is 1. The van der Waals surface area contributed by atoms with Gasteiger partial charge in [0.1, 0.15) is 17.1 Å². The van der Waals surface area contributed by atoms with Crippen LogP contribution in [0.4, 0.5) is 0 Å². The monoisotopic (exact) mass is 326 g/mol. The molecule has 1 aromatic carbocycles. The van der Waals surface area contributed by atoms with E-state index >= 15 is 0 Å². The largest absolute Gasteiger partial charge is 0.484 e. The summed E-state index contributed by atoms with van der Waals surface area (Å²) in [6.45, 7) is 1.60. The van der Waals surface area contributed by atoms with Crippen LogP contribution in [0.15, 0.2) is 61.4 Å². The number of ether oxygens (including phenoxy) is 1. The lowest BCUT2D eigenvalue weighted by molar-refractivity contribution is -0.123. The fraction of sp³-hybridized carbons (Fsp3) is 0.118. The highest BCUT2D eigenvalue weighted by Crippen LogP contribution is 2.22. The number of nitrogens with zero attached hydrogens (tertiary/aromatic N) is 1. The van der Waals surface area contributed by atoms with Crippen molar-refractivity contribution in [3.63, 3.8) is 0 Å². The second-order valence-corrected chi connectivity index (χ2v) is 5.00. The predicted molar refractivity (Wildman–Crippen MR) is 87.2 cm³/mol. The molecule has 1 amide bonds. The maximum atomic E-state index is 11.7. The van der Waals surface area contributed by atoms with E-state index in [0.29, 0.717) is 17.1 Å². The van der Waals surface area contributed by atoms with E-state index in [2.05, 4.69) is 10.5 Å². The van der Waals surface area contributed by atoms with Gasteiger partial charge in [-0.25, -0.2) is 10.2 Å². The third-order valence-electron chi connectivity index (χ3n) is 3.22. The predicted octanol–water partition coefficient (Wildman–Crippen LogP) is 2.22. The Balaban J connectivity index is 1.61. The summed E-state index contributed by atoms with van der Waals surface area (Å²) in [6.07, 6.45) is 2.89. The van der Waals surface area contributed by atoms with Gasteiger partial charge in [-0.15, -0.1) is 0 Å². The molecule has 0 aliphatic carbocycles. The van der Waals surface area contributed by atoms with Crippen molar-refractivity contribution in [2.45, 2.75) is 6.92 Å². The zero-order valence-electron chi connectivity index (χ0n) is 12.8. The van der Waals surface area contributed by atoms with E-state index in [1.807, 2.05) is 6.92 Å². The molecule has 0 saturated heterocycles. The molecule has 0 saturated carbocycles. The molecule has 3 aromatic rings. The number of hydrogen-bond acceptors (Lipinski definition) is 6. The van der Waals surface area contributed by atoms with Gasteiger partial charge in [-0.05, 0) is 36.8 Å². The summed E-state index contributed by atoms with van der Waals surface area (Å²) in [6, 6.07) is 9.89. The molecule has 0 spiro atoms. The summed E-state index contributed by atoms with van der Waals surface area (Å²) < 4.78 is 15.5. The van der Waals surface area contributed by atoms with Gasteiger partial charge in [-0.3, -0.25) is 4.79 Å². The molecular weight excluding hydrogens is 312 g/mol. The van der Waals surface area contributed by atoms with Crippen LogP contribution >= 0.6 is 0 Å². The fourth-order valence-electron chi connectivity index (χ4n) is 2.11. The van der Waals surface area contributed by atoms with Crippen molar-refractivity contribution >= 4 is 23.1 Å². The SMILES string of the molecule is Cc1cc(=O)oc2cc(OCC(=O)N/N=C\c3ccco3)ccc12. The van der Waals surface area contributed by atoms with Gasteiger partial charge in [-0.1, -0.05) is 0 Å². The Hall–Kier alpha value is -3.35. The Labute approximate surface area is 136 Å². The maximum Gasteiger partial charge on any atom is 0.336 e. The van der Waals surface area contributed by atoms with E-state index < -0.39 is 11.5 Å². The first-order valence-corrected chi connectivity index (χ1v) is 7.14. The molecule has 0 aliphatic rings. The standard InChI is InChI=1S/C17H14N2O5/c1-11-7-17(21)24-15-8-12(4-5-14(11)15)23-10-16(20)19-18-9-13-3-2-6-22-13/h2-9H,10H2,1H3,(H,19,20)/b18-9-. The third-order valence-corrected chi connectivity index (χ3v) is 3.22. The van der Waals surface area contributed by atoms with Gasteiger partial charge in [0.25, 0.3) is 5.91 Å². The second-order valence-electron chi connectivity index (χ2n) is 5.00. The van der Waals surface area contributed by atoms with Crippen LogP contribution in [0.5, 0.6) is 5.75 Å². The summed E-state index contributed by atoms with van der Waals surface area (Å²) in [7, 11) is 0. The zero-order chi connectivity index (χ0) is 16.9. The molecule has 2 heterocycles. The fourth-order valence-corrected chi connectivity index (χ4v) is 2.11. The topological polar surface area (TPSA) is 94.0 Å². The highest BCUT2D eigenvalue weighted by Gasteiger charge is 2.06. The van der Waals surface area contributed by atoms with Crippen molar-refractivity contribution in [1.29, 1.82) is 0 Å². The quantitative estimate of drug-likeness (QED) is 0.441. The van der Waals surface area contributed by atoms with E-state index in [0.717, 1.165) is 10.9 Å². The van der Waals surface area contributed by atoms with Crippen LogP contribution in [0.3, 0.4) is 0 Å². The number of rotatable bonds is 5. The second kappa shape index (κ2) is 6.82. The van der Waals surface area contributed by atoms with E-state index in [4.69, 9.17) is 13.6 Å². The maximum absolute atomic E-state index is 11.7. The minimum atomic E-state index is -0.429. The van der Waals surface area contributed by atoms with E-state index in [1.54, 1.807) is 30.3 Å². The molecule has 0 aliphatic heterocycles. The van der Waals surface area contributed by atoms with E-state index in [9.17, 15) is 9.59 Å². The Morgan fingerprint density at radius 2 is 2.21 bits per heavy atom. The summed E-state index contributed by atoms with van der Waals surface area (Å²) >= 11 is 0. The number of aryl methyl sites for hydroxylation is 1. The van der Waals surface area contributed by atoms with Crippen LogP contribution in [0.2, 0.25) is 0 Å². The summed E-state index contributed by atoms with van der Waals surface area (Å²) in [5.41, 5.74) is 3.12. The summed E-state index contributed by atoms with van der Waals surface area (Å²) in [5, 5.41) is 4.56. The molecule has 0 atom stereocenters. The molecule has 0 radical (unpaired) electrons. The van der Waals surface area contributed by atoms with Crippen molar-refractivity contribution < 1.29 is 18.4 Å². The number of fused-ring (bicyclic) bond motifs is 1. The van der Waals surface area contributed by atoms with Crippen LogP contribution in [-0.4, -0.2) is 18.7 Å². The molecule has 122 valence electrons. The van der Waals surface area contributed by atoms with E-state index in [1.165, 1.54) is 18.5 Å². The average molecular weight is 326 g/mol. The molecule has 0 unspecified atom stereocenters. The Morgan fingerprint density at radius 3 is 3.00 bits per heavy atom. The molecule has 2 aromatic heterocycles. The summed E-state index contributed by atoms with van der Waals surface area (Å²) in [5.74, 6) is 0.515. The van der Waals surface area contributed by atoms with Crippen molar-refractivity contribution in [2.75, 3.05) is 6.61 Å². The summed E-state index contributed by atoms with van der Waals surface area (Å²) in [4.78, 5) is 23.1. The molecule has 1 N–H and O–H groups in total. The molecule has 7 nitrogen and oxygen atoms in total. The Morgan fingerprint density at radius 1 is 1.33 bits per heavy atom. The van der Waals surface area contributed by atoms with Gasteiger partial charge < -0.3 is 13.6 Å². The van der Waals surface area contributed by atoms with Gasteiger partial charge in [0.2, 0.25) is 0 Å².